The van der Waals surface area contributed by atoms with E-state index in [2.05, 4.69) is 22.9 Å². The van der Waals surface area contributed by atoms with E-state index in [0.29, 0.717) is 12.0 Å². The van der Waals surface area contributed by atoms with Crippen LogP contribution in [0, 0.1) is 0 Å². The molecule has 24 heavy (non-hydrogen) atoms. The molecule has 1 N–H and O–H groups in total. The average molecular weight is 362 g/mol. The lowest BCUT2D eigenvalue weighted by molar-refractivity contribution is -0.137. The predicted octanol–water partition coefficient (Wildman–Crippen LogP) is 5.24. The second-order valence-electron chi connectivity index (χ2n) is 4.25. The molecular weight excluding hydrogens is 337 g/mol. The van der Waals surface area contributed by atoms with Crippen molar-refractivity contribution in [1.82, 2.24) is 5.32 Å². The molecule has 0 atom stereocenters. The number of hydrogen-bond acceptors (Lipinski definition) is 3. The molecule has 0 unspecified atom stereocenters. The summed E-state index contributed by atoms with van der Waals surface area (Å²) in [6, 6.07) is 4.64. The SMILES string of the molecule is CC.CC=N/C(C)=C(/C)S.O=CNCc1ccc(C(F)(F)F)cc1. The molecule has 0 radical (unpaired) electrons. The summed E-state index contributed by atoms with van der Waals surface area (Å²) in [6.07, 6.45) is -2.05. The van der Waals surface area contributed by atoms with Gasteiger partial charge in [0.1, 0.15) is 0 Å². The Morgan fingerprint density at radius 3 is 2.00 bits per heavy atom. The first-order valence-electron chi connectivity index (χ1n) is 7.40. The molecule has 1 aromatic rings. The number of carbonyl (C=O) groups excluding carboxylic acids is 1. The van der Waals surface area contributed by atoms with Gasteiger partial charge in [0.05, 0.1) is 5.56 Å². The predicted molar refractivity (Wildman–Crippen MR) is 97.2 cm³/mol. The summed E-state index contributed by atoms with van der Waals surface area (Å²) in [5.41, 5.74) is 0.924. The van der Waals surface area contributed by atoms with Crippen LogP contribution in [0.25, 0.3) is 0 Å². The van der Waals surface area contributed by atoms with Crippen molar-refractivity contribution in [2.45, 2.75) is 47.3 Å². The number of halogens is 3. The zero-order valence-corrected chi connectivity index (χ0v) is 15.5. The Morgan fingerprint density at radius 1 is 1.21 bits per heavy atom. The molecule has 7 heteroatoms. The number of allylic oxidation sites excluding steroid dienone is 2. The van der Waals surface area contributed by atoms with Gasteiger partial charge in [0.2, 0.25) is 6.41 Å². The van der Waals surface area contributed by atoms with Gasteiger partial charge in [-0.15, -0.1) is 12.6 Å². The van der Waals surface area contributed by atoms with Gasteiger partial charge in [-0.1, -0.05) is 26.0 Å². The molecule has 0 aromatic heterocycles. The summed E-state index contributed by atoms with van der Waals surface area (Å²) in [7, 11) is 0. The number of hydrogen-bond donors (Lipinski definition) is 2. The van der Waals surface area contributed by atoms with Crippen LogP contribution in [0.3, 0.4) is 0 Å². The largest absolute Gasteiger partial charge is 0.416 e. The van der Waals surface area contributed by atoms with Crippen molar-refractivity contribution >= 4 is 25.3 Å². The number of rotatable bonds is 4. The highest BCUT2D eigenvalue weighted by atomic mass is 32.1. The fraction of sp³-hybridized carbons (Fsp3) is 0.412. The van der Waals surface area contributed by atoms with Crippen LogP contribution in [0.5, 0.6) is 0 Å². The molecule has 0 fully saturated rings. The van der Waals surface area contributed by atoms with Crippen molar-refractivity contribution in [3.8, 4) is 0 Å². The average Bonchev–Trinajstić information content (AvgIpc) is 2.55. The van der Waals surface area contributed by atoms with Gasteiger partial charge in [-0.25, -0.2) is 0 Å². The van der Waals surface area contributed by atoms with Gasteiger partial charge in [-0.05, 0) is 43.4 Å². The molecule has 0 saturated heterocycles. The molecule has 0 heterocycles. The fourth-order valence-electron chi connectivity index (χ4n) is 1.26. The van der Waals surface area contributed by atoms with E-state index in [4.69, 9.17) is 0 Å². The number of thiol groups is 1. The Morgan fingerprint density at radius 2 is 1.71 bits per heavy atom. The maximum atomic E-state index is 12.1. The van der Waals surface area contributed by atoms with Crippen LogP contribution < -0.4 is 5.32 Å². The zero-order valence-electron chi connectivity index (χ0n) is 14.6. The number of benzene rings is 1. The van der Waals surface area contributed by atoms with E-state index in [-0.39, 0.29) is 6.54 Å². The Bertz CT molecular complexity index is 520. The molecule has 0 saturated carbocycles. The second kappa shape index (κ2) is 13.7. The van der Waals surface area contributed by atoms with E-state index >= 15 is 0 Å². The summed E-state index contributed by atoms with van der Waals surface area (Å²) in [4.78, 5) is 14.9. The maximum absolute atomic E-state index is 12.1. The van der Waals surface area contributed by atoms with Gasteiger partial charge in [0.15, 0.2) is 0 Å². The molecule has 1 amide bonds. The summed E-state index contributed by atoms with van der Waals surface area (Å²) < 4.78 is 36.3. The summed E-state index contributed by atoms with van der Waals surface area (Å²) in [6.45, 7) is 9.98. The molecular formula is C17H25F3N2OS. The van der Waals surface area contributed by atoms with E-state index in [0.717, 1.165) is 22.7 Å². The van der Waals surface area contributed by atoms with E-state index in [9.17, 15) is 18.0 Å². The number of amides is 1. The van der Waals surface area contributed by atoms with Crippen molar-refractivity contribution in [2.75, 3.05) is 0 Å². The highest BCUT2D eigenvalue weighted by Crippen LogP contribution is 2.28. The van der Waals surface area contributed by atoms with Crippen molar-refractivity contribution in [3.05, 3.63) is 46.0 Å². The van der Waals surface area contributed by atoms with Crippen molar-refractivity contribution in [1.29, 1.82) is 0 Å². The van der Waals surface area contributed by atoms with Gasteiger partial charge >= 0.3 is 6.18 Å². The standard InChI is InChI=1S/C9H8F3NO.C6H11NS.C2H6/c10-9(11,12)8-3-1-7(2-4-8)5-13-6-14;1-4-7-5(2)6(3)8;1-2/h1-4,6H,5H2,(H,13,14);4,8H,1-3H3;1-2H3/b;6-5-,7-4?;. The number of alkyl halides is 3. The Kier molecular flexibility index (Phi) is 13.9. The first-order chi connectivity index (χ1) is 11.2. The second-order valence-corrected chi connectivity index (χ2v) is 4.92. The van der Waals surface area contributed by atoms with Gasteiger partial charge in [0, 0.05) is 18.5 Å². The Hall–Kier alpha value is -1.76. The monoisotopic (exact) mass is 362 g/mol. The molecule has 1 aromatic carbocycles. The molecule has 0 spiro atoms. The quantitative estimate of drug-likeness (QED) is 0.429. The van der Waals surface area contributed by atoms with E-state index < -0.39 is 11.7 Å². The first kappa shape index (κ1) is 24.5. The zero-order chi connectivity index (χ0) is 19.2. The summed E-state index contributed by atoms with van der Waals surface area (Å²) in [5, 5.41) is 2.36. The first-order valence-corrected chi connectivity index (χ1v) is 7.85. The number of aliphatic imine (C=N–C) groups is 1. The van der Waals surface area contributed by atoms with E-state index in [1.54, 1.807) is 6.21 Å². The van der Waals surface area contributed by atoms with Gasteiger partial charge in [0.25, 0.3) is 0 Å². The molecule has 0 aliphatic rings. The molecule has 0 bridgehead atoms. The van der Waals surface area contributed by atoms with E-state index in [1.807, 2.05) is 34.6 Å². The van der Waals surface area contributed by atoms with Crippen LogP contribution >= 0.6 is 12.6 Å². The Balaban J connectivity index is 0. The molecule has 0 aliphatic carbocycles. The number of nitrogens with one attached hydrogen (secondary N) is 1. The lowest BCUT2D eigenvalue weighted by atomic mass is 10.1. The van der Waals surface area contributed by atoms with Crippen molar-refractivity contribution < 1.29 is 18.0 Å². The van der Waals surface area contributed by atoms with Crippen LogP contribution in [-0.2, 0) is 17.5 Å². The minimum atomic E-state index is -4.31. The highest BCUT2D eigenvalue weighted by molar-refractivity contribution is 7.84. The topological polar surface area (TPSA) is 41.5 Å². The van der Waals surface area contributed by atoms with E-state index in [1.165, 1.54) is 12.1 Å². The van der Waals surface area contributed by atoms with Crippen molar-refractivity contribution in [3.63, 3.8) is 0 Å². The van der Waals surface area contributed by atoms with Crippen LogP contribution in [0.2, 0.25) is 0 Å². The molecule has 0 aliphatic heterocycles. The van der Waals surface area contributed by atoms with Crippen molar-refractivity contribution in [2.24, 2.45) is 4.99 Å². The number of carbonyl (C=O) groups is 1. The molecule has 3 nitrogen and oxygen atoms in total. The van der Waals surface area contributed by atoms with Crippen LogP contribution in [-0.4, -0.2) is 12.6 Å². The maximum Gasteiger partial charge on any atom is 0.416 e. The lowest BCUT2D eigenvalue weighted by Crippen LogP contribution is -2.10. The smallest absolute Gasteiger partial charge is 0.355 e. The summed E-state index contributed by atoms with van der Waals surface area (Å²) >= 11 is 4.09. The Labute approximate surface area is 147 Å². The number of nitrogens with zero attached hydrogens (tertiary/aromatic N) is 1. The van der Waals surface area contributed by atoms with Gasteiger partial charge in [-0.3, -0.25) is 9.79 Å². The van der Waals surface area contributed by atoms with Gasteiger partial charge in [-0.2, -0.15) is 13.2 Å². The van der Waals surface area contributed by atoms with Crippen LogP contribution in [0.1, 0.15) is 45.7 Å². The lowest BCUT2D eigenvalue weighted by Gasteiger charge is -2.06. The highest BCUT2D eigenvalue weighted by Gasteiger charge is 2.29. The summed E-state index contributed by atoms with van der Waals surface area (Å²) in [5.74, 6) is 0. The minimum Gasteiger partial charge on any atom is -0.355 e. The fourth-order valence-corrected chi connectivity index (χ4v) is 1.32. The molecule has 136 valence electrons. The third-order valence-corrected chi connectivity index (χ3v) is 2.84. The third kappa shape index (κ3) is 11.8. The third-order valence-electron chi connectivity index (χ3n) is 2.52. The van der Waals surface area contributed by atoms with Crippen LogP contribution in [0.15, 0.2) is 39.9 Å². The minimum absolute atomic E-state index is 0.238. The normalized spacial score (nSPS) is 11.5. The van der Waals surface area contributed by atoms with Gasteiger partial charge < -0.3 is 5.32 Å². The van der Waals surface area contributed by atoms with Crippen LogP contribution in [0.4, 0.5) is 13.2 Å². The molecule has 1 rings (SSSR count).